The molecule has 1 amide bonds. The summed E-state index contributed by atoms with van der Waals surface area (Å²) in [4.78, 5) is 27.6. The van der Waals surface area contributed by atoms with E-state index >= 15 is 0 Å². The smallest absolute Gasteiger partial charge is 0.270 e. The third-order valence-electron chi connectivity index (χ3n) is 5.01. The number of methoxy groups -OCH3 is 1. The van der Waals surface area contributed by atoms with Gasteiger partial charge in [-0.2, -0.15) is 0 Å². The van der Waals surface area contributed by atoms with E-state index in [4.69, 9.17) is 4.74 Å². The van der Waals surface area contributed by atoms with Crippen LogP contribution in [0.25, 0.3) is 0 Å². The molecule has 2 aromatic carbocycles. The largest absolute Gasteiger partial charge is 0.496 e. The van der Waals surface area contributed by atoms with Crippen molar-refractivity contribution in [1.82, 2.24) is 9.80 Å². The molecule has 148 valence electrons. The van der Waals surface area contributed by atoms with Gasteiger partial charge in [0.2, 0.25) is 0 Å². The van der Waals surface area contributed by atoms with Crippen LogP contribution in [-0.2, 0) is 6.54 Å². The average molecular weight is 383 g/mol. The normalized spacial score (nSPS) is 15.1. The number of nitro benzene ring substituents is 1. The predicted molar refractivity (Wildman–Crippen MR) is 107 cm³/mol. The summed E-state index contributed by atoms with van der Waals surface area (Å²) in [6, 6.07) is 12.3. The van der Waals surface area contributed by atoms with Gasteiger partial charge in [0.25, 0.3) is 11.6 Å². The molecule has 0 unspecified atom stereocenters. The van der Waals surface area contributed by atoms with Gasteiger partial charge in [-0.1, -0.05) is 17.7 Å². The Morgan fingerprint density at radius 3 is 2.68 bits per heavy atom. The van der Waals surface area contributed by atoms with Crippen LogP contribution < -0.4 is 4.74 Å². The van der Waals surface area contributed by atoms with Crippen LogP contribution in [0.15, 0.2) is 42.5 Å². The van der Waals surface area contributed by atoms with E-state index in [1.807, 2.05) is 36.1 Å². The second-order valence-electron chi connectivity index (χ2n) is 7.04. The zero-order valence-electron chi connectivity index (χ0n) is 16.3. The van der Waals surface area contributed by atoms with Gasteiger partial charge in [-0.15, -0.1) is 0 Å². The molecule has 3 rings (SSSR count). The molecule has 7 nitrogen and oxygen atoms in total. The van der Waals surface area contributed by atoms with Crippen LogP contribution in [-0.4, -0.2) is 53.9 Å². The second kappa shape index (κ2) is 8.84. The van der Waals surface area contributed by atoms with Crippen LogP contribution in [0.5, 0.6) is 5.75 Å². The summed E-state index contributed by atoms with van der Waals surface area (Å²) < 4.78 is 5.37. The Balaban J connectivity index is 1.68. The molecule has 1 aliphatic rings. The van der Waals surface area contributed by atoms with Crippen molar-refractivity contribution in [3.05, 3.63) is 69.3 Å². The van der Waals surface area contributed by atoms with Crippen molar-refractivity contribution in [2.45, 2.75) is 19.9 Å². The Hall–Kier alpha value is -2.93. The number of benzene rings is 2. The highest BCUT2D eigenvalue weighted by Gasteiger charge is 2.22. The zero-order chi connectivity index (χ0) is 20.1. The summed E-state index contributed by atoms with van der Waals surface area (Å²) in [6.07, 6.45) is 0.856. The van der Waals surface area contributed by atoms with Crippen molar-refractivity contribution in [3.63, 3.8) is 0 Å². The molecule has 0 radical (unpaired) electrons. The summed E-state index contributed by atoms with van der Waals surface area (Å²) >= 11 is 0. The number of rotatable bonds is 5. The molecule has 1 fully saturated rings. The van der Waals surface area contributed by atoms with E-state index in [2.05, 4.69) is 4.90 Å². The molecule has 0 saturated carbocycles. The predicted octanol–water partition coefficient (Wildman–Crippen LogP) is 3.26. The van der Waals surface area contributed by atoms with Gasteiger partial charge < -0.3 is 9.64 Å². The highest BCUT2D eigenvalue weighted by atomic mass is 16.6. The molecule has 1 heterocycles. The Morgan fingerprint density at radius 1 is 1.14 bits per heavy atom. The Labute approximate surface area is 164 Å². The first kappa shape index (κ1) is 19.8. The number of non-ortho nitro benzene ring substituents is 1. The van der Waals surface area contributed by atoms with E-state index in [0.717, 1.165) is 24.1 Å². The SMILES string of the molecule is COc1ccc([N+](=O)[O-])cc1CN1CCCN(C(=O)c2cccc(C)c2)CC1. The van der Waals surface area contributed by atoms with E-state index in [9.17, 15) is 14.9 Å². The number of carbonyl (C=O) groups excluding carboxylic acids is 1. The lowest BCUT2D eigenvalue weighted by Crippen LogP contribution is -2.35. The molecular weight excluding hydrogens is 358 g/mol. The average Bonchev–Trinajstić information content (AvgIpc) is 2.93. The van der Waals surface area contributed by atoms with Crippen molar-refractivity contribution in [2.75, 3.05) is 33.3 Å². The standard InChI is InChI=1S/C21H25N3O4/c1-16-5-3-6-17(13-16)21(25)23-10-4-9-22(11-12-23)15-18-14-19(24(26)27)7-8-20(18)28-2/h3,5-8,13-14H,4,9-12,15H2,1-2H3. The van der Waals surface area contributed by atoms with E-state index in [1.165, 1.54) is 6.07 Å². The van der Waals surface area contributed by atoms with Crippen LogP contribution in [0.3, 0.4) is 0 Å². The lowest BCUT2D eigenvalue weighted by Gasteiger charge is -2.23. The molecule has 0 N–H and O–H groups in total. The van der Waals surface area contributed by atoms with Crippen molar-refractivity contribution in [3.8, 4) is 5.75 Å². The van der Waals surface area contributed by atoms with Crippen molar-refractivity contribution >= 4 is 11.6 Å². The molecule has 28 heavy (non-hydrogen) atoms. The maximum atomic E-state index is 12.8. The minimum absolute atomic E-state index is 0.0541. The van der Waals surface area contributed by atoms with Crippen LogP contribution >= 0.6 is 0 Å². The molecule has 1 aliphatic heterocycles. The molecule has 0 aliphatic carbocycles. The Kier molecular flexibility index (Phi) is 6.26. The number of hydrogen-bond donors (Lipinski definition) is 0. The van der Waals surface area contributed by atoms with Crippen LogP contribution in [0.4, 0.5) is 5.69 Å². The fourth-order valence-corrected chi connectivity index (χ4v) is 3.54. The molecule has 0 atom stereocenters. The van der Waals surface area contributed by atoms with Gasteiger partial charge in [-0.05, 0) is 31.5 Å². The van der Waals surface area contributed by atoms with Gasteiger partial charge in [0.15, 0.2) is 0 Å². The summed E-state index contributed by atoms with van der Waals surface area (Å²) in [7, 11) is 1.56. The number of carbonyl (C=O) groups is 1. The van der Waals surface area contributed by atoms with Gasteiger partial charge in [0.1, 0.15) is 5.75 Å². The third-order valence-corrected chi connectivity index (χ3v) is 5.01. The first-order chi connectivity index (χ1) is 13.5. The molecule has 0 aromatic heterocycles. The number of amides is 1. The minimum Gasteiger partial charge on any atom is -0.496 e. The summed E-state index contributed by atoms with van der Waals surface area (Å²) in [5, 5.41) is 11.1. The zero-order valence-corrected chi connectivity index (χ0v) is 16.3. The monoisotopic (exact) mass is 383 g/mol. The molecule has 0 bridgehead atoms. The maximum absolute atomic E-state index is 12.8. The van der Waals surface area contributed by atoms with Crippen molar-refractivity contribution in [2.24, 2.45) is 0 Å². The summed E-state index contributed by atoms with van der Waals surface area (Å²) in [5.41, 5.74) is 2.63. The molecular formula is C21H25N3O4. The van der Waals surface area contributed by atoms with Gasteiger partial charge in [-0.25, -0.2) is 0 Å². The van der Waals surface area contributed by atoms with Gasteiger partial charge >= 0.3 is 0 Å². The van der Waals surface area contributed by atoms with Gasteiger partial charge in [0.05, 0.1) is 12.0 Å². The van der Waals surface area contributed by atoms with Crippen LogP contribution in [0.2, 0.25) is 0 Å². The number of nitro groups is 1. The molecule has 1 saturated heterocycles. The fraction of sp³-hybridized carbons (Fsp3) is 0.381. The van der Waals surface area contributed by atoms with Crippen LogP contribution in [0, 0.1) is 17.0 Å². The third kappa shape index (κ3) is 4.67. The van der Waals surface area contributed by atoms with Gasteiger partial charge in [0, 0.05) is 56.0 Å². The van der Waals surface area contributed by atoms with Gasteiger partial charge in [-0.3, -0.25) is 19.8 Å². The first-order valence-electron chi connectivity index (χ1n) is 9.37. The lowest BCUT2D eigenvalue weighted by atomic mass is 10.1. The summed E-state index contributed by atoms with van der Waals surface area (Å²) in [6.45, 7) is 5.40. The summed E-state index contributed by atoms with van der Waals surface area (Å²) in [5.74, 6) is 0.695. The maximum Gasteiger partial charge on any atom is 0.270 e. The quantitative estimate of drug-likeness (QED) is 0.585. The number of aryl methyl sites for hydroxylation is 1. The van der Waals surface area contributed by atoms with Crippen LogP contribution in [0.1, 0.15) is 27.9 Å². The van der Waals surface area contributed by atoms with E-state index in [-0.39, 0.29) is 11.6 Å². The highest BCUT2D eigenvalue weighted by molar-refractivity contribution is 5.94. The lowest BCUT2D eigenvalue weighted by molar-refractivity contribution is -0.385. The van der Waals surface area contributed by atoms with Crippen molar-refractivity contribution in [1.29, 1.82) is 0 Å². The Bertz CT molecular complexity index is 868. The number of hydrogen-bond acceptors (Lipinski definition) is 5. The molecule has 0 spiro atoms. The highest BCUT2D eigenvalue weighted by Crippen LogP contribution is 2.25. The fourth-order valence-electron chi connectivity index (χ4n) is 3.54. The van der Waals surface area contributed by atoms with E-state index in [1.54, 1.807) is 19.2 Å². The molecule has 2 aromatic rings. The number of nitrogens with zero attached hydrogens (tertiary/aromatic N) is 3. The van der Waals surface area contributed by atoms with Crippen molar-refractivity contribution < 1.29 is 14.5 Å². The van der Waals surface area contributed by atoms with E-state index in [0.29, 0.717) is 37.5 Å². The number of ether oxygens (including phenoxy) is 1. The first-order valence-corrected chi connectivity index (χ1v) is 9.37. The van der Waals surface area contributed by atoms with E-state index < -0.39 is 4.92 Å². The second-order valence-corrected chi connectivity index (χ2v) is 7.04. The Morgan fingerprint density at radius 2 is 1.96 bits per heavy atom. The topological polar surface area (TPSA) is 75.9 Å². The molecule has 7 heteroatoms. The minimum atomic E-state index is -0.395.